The average Bonchev–Trinajstić information content (AvgIpc) is 2.84. The largest absolute Gasteiger partial charge is 0.457 e. The van der Waals surface area contributed by atoms with Crippen LogP contribution in [0.3, 0.4) is 0 Å². The van der Waals surface area contributed by atoms with E-state index >= 15 is 0 Å². The third-order valence-electron chi connectivity index (χ3n) is 6.21. The van der Waals surface area contributed by atoms with Crippen LogP contribution in [0.25, 0.3) is 0 Å². The smallest absolute Gasteiger partial charge is 0.416 e. The Hall–Kier alpha value is -3.07. The van der Waals surface area contributed by atoms with Gasteiger partial charge in [-0.15, -0.1) is 0 Å². The van der Waals surface area contributed by atoms with Crippen LogP contribution in [0.4, 0.5) is 13.2 Å². The van der Waals surface area contributed by atoms with Crippen LogP contribution in [0.2, 0.25) is 0 Å². The van der Waals surface area contributed by atoms with Crippen LogP contribution in [0.1, 0.15) is 35.2 Å². The number of hydrogen-bond donors (Lipinski definition) is 0. The van der Waals surface area contributed by atoms with Crippen LogP contribution in [0.15, 0.2) is 48.5 Å². The molecule has 0 bridgehead atoms. The molecule has 2 aromatic carbocycles. The van der Waals surface area contributed by atoms with Gasteiger partial charge < -0.3 is 14.5 Å². The van der Waals surface area contributed by atoms with E-state index in [1.54, 1.807) is 23.1 Å². The molecule has 0 N–H and O–H groups in total. The quantitative estimate of drug-likeness (QED) is 0.648. The van der Waals surface area contributed by atoms with E-state index in [-0.39, 0.29) is 23.3 Å². The van der Waals surface area contributed by atoms with Crippen molar-refractivity contribution in [3.8, 4) is 11.5 Å². The standard InChI is InChI=1S/C25H28F3N3O3/c26-25(27,28)20-7-5-9-22(17-20)34-21-8-4-6-19(16-21)24(33)31-14-12-29(13-15-31)18-23(32)30-10-2-1-3-11-30/h4-9,16-17H,1-3,10-15,18H2. The number of hydrogen-bond acceptors (Lipinski definition) is 4. The van der Waals surface area contributed by atoms with Gasteiger partial charge in [0.05, 0.1) is 12.1 Å². The van der Waals surface area contributed by atoms with E-state index in [1.807, 2.05) is 4.90 Å². The lowest BCUT2D eigenvalue weighted by Gasteiger charge is -2.36. The van der Waals surface area contributed by atoms with Crippen LogP contribution in [0, 0.1) is 0 Å². The Bertz CT molecular complexity index is 1010. The van der Waals surface area contributed by atoms with Gasteiger partial charge in [-0.25, -0.2) is 0 Å². The summed E-state index contributed by atoms with van der Waals surface area (Å²) in [5.74, 6) is 0.317. The molecule has 2 aliphatic rings. The molecule has 0 aliphatic carbocycles. The summed E-state index contributed by atoms with van der Waals surface area (Å²) in [4.78, 5) is 31.2. The number of halogens is 3. The molecule has 0 aromatic heterocycles. The second-order valence-electron chi connectivity index (χ2n) is 8.67. The normalized spacial score (nSPS) is 17.5. The first kappa shape index (κ1) is 24.1. The van der Waals surface area contributed by atoms with E-state index in [1.165, 1.54) is 24.6 Å². The lowest BCUT2D eigenvalue weighted by molar-refractivity contribution is -0.137. The number of nitrogens with zero attached hydrogens (tertiary/aromatic N) is 3. The summed E-state index contributed by atoms with van der Waals surface area (Å²) in [6, 6.07) is 11.1. The molecule has 2 aliphatic heterocycles. The molecule has 182 valence electrons. The summed E-state index contributed by atoms with van der Waals surface area (Å²) in [6.45, 7) is 4.28. The Balaban J connectivity index is 1.33. The minimum atomic E-state index is -4.46. The molecular formula is C25H28F3N3O3. The van der Waals surface area contributed by atoms with E-state index in [2.05, 4.69) is 4.90 Å². The van der Waals surface area contributed by atoms with Gasteiger partial charge in [0.25, 0.3) is 5.91 Å². The fourth-order valence-corrected chi connectivity index (χ4v) is 4.29. The predicted octanol–water partition coefficient (Wildman–Crippen LogP) is 4.27. The molecule has 2 amide bonds. The number of benzene rings is 2. The molecular weight excluding hydrogens is 447 g/mol. The molecule has 34 heavy (non-hydrogen) atoms. The Morgan fingerprint density at radius 2 is 1.44 bits per heavy atom. The maximum absolute atomic E-state index is 13.0. The highest BCUT2D eigenvalue weighted by atomic mass is 19.4. The first-order valence-electron chi connectivity index (χ1n) is 11.5. The summed E-state index contributed by atoms with van der Waals surface area (Å²) < 4.78 is 44.4. The van der Waals surface area contributed by atoms with Gasteiger partial charge >= 0.3 is 6.18 Å². The highest BCUT2D eigenvalue weighted by molar-refractivity contribution is 5.94. The minimum Gasteiger partial charge on any atom is -0.457 e. The lowest BCUT2D eigenvalue weighted by Crippen LogP contribution is -2.52. The van der Waals surface area contributed by atoms with Crippen LogP contribution in [-0.2, 0) is 11.0 Å². The van der Waals surface area contributed by atoms with Gasteiger partial charge in [-0.3, -0.25) is 14.5 Å². The number of carbonyl (C=O) groups excluding carboxylic acids is 2. The van der Waals surface area contributed by atoms with Gasteiger partial charge in [-0.1, -0.05) is 12.1 Å². The molecule has 0 atom stereocenters. The average molecular weight is 476 g/mol. The highest BCUT2D eigenvalue weighted by Gasteiger charge is 2.31. The van der Waals surface area contributed by atoms with Crippen molar-refractivity contribution in [1.82, 2.24) is 14.7 Å². The molecule has 2 fully saturated rings. The van der Waals surface area contributed by atoms with Crippen LogP contribution in [-0.4, -0.2) is 72.3 Å². The number of alkyl halides is 3. The van der Waals surface area contributed by atoms with Gasteiger partial charge in [0.2, 0.25) is 5.91 Å². The molecule has 4 rings (SSSR count). The Labute approximate surface area is 196 Å². The van der Waals surface area contributed by atoms with Gasteiger partial charge in [-0.2, -0.15) is 13.2 Å². The van der Waals surface area contributed by atoms with Gasteiger partial charge in [-0.05, 0) is 55.7 Å². The molecule has 6 nitrogen and oxygen atoms in total. The molecule has 0 radical (unpaired) electrons. The van der Waals surface area contributed by atoms with Crippen molar-refractivity contribution in [2.45, 2.75) is 25.4 Å². The molecule has 2 heterocycles. The van der Waals surface area contributed by atoms with Gasteiger partial charge in [0, 0.05) is 44.8 Å². The second kappa shape index (κ2) is 10.5. The SMILES string of the molecule is O=C(CN1CCN(C(=O)c2cccc(Oc3cccc(C(F)(F)F)c3)c2)CC1)N1CCCCC1. The fourth-order valence-electron chi connectivity index (χ4n) is 4.29. The number of piperazine rings is 1. The minimum absolute atomic E-state index is 0.0476. The van der Waals surface area contributed by atoms with E-state index in [4.69, 9.17) is 4.74 Å². The maximum Gasteiger partial charge on any atom is 0.416 e. The monoisotopic (exact) mass is 475 g/mol. The number of amides is 2. The van der Waals surface area contributed by atoms with Crippen LogP contribution in [0.5, 0.6) is 11.5 Å². The first-order chi connectivity index (χ1) is 16.3. The Kier molecular flexibility index (Phi) is 7.41. The number of carbonyl (C=O) groups is 2. The third kappa shape index (κ3) is 6.08. The van der Waals surface area contributed by atoms with Crippen molar-refractivity contribution < 1.29 is 27.5 Å². The topological polar surface area (TPSA) is 53.1 Å². The van der Waals surface area contributed by atoms with Gasteiger partial charge in [0.1, 0.15) is 11.5 Å². The maximum atomic E-state index is 13.0. The van der Waals surface area contributed by atoms with Crippen LogP contribution < -0.4 is 4.74 Å². The molecule has 2 saturated heterocycles. The van der Waals surface area contributed by atoms with E-state index in [0.29, 0.717) is 38.3 Å². The summed E-state index contributed by atoms with van der Waals surface area (Å²) in [5, 5.41) is 0. The number of rotatable bonds is 5. The van der Waals surface area contributed by atoms with Crippen molar-refractivity contribution in [1.29, 1.82) is 0 Å². The Morgan fingerprint density at radius 1 is 0.794 bits per heavy atom. The fraction of sp³-hybridized carbons (Fsp3) is 0.440. The zero-order valence-corrected chi connectivity index (χ0v) is 18.9. The molecule has 9 heteroatoms. The summed E-state index contributed by atoms with van der Waals surface area (Å²) in [6.07, 6.45) is -1.16. The van der Waals surface area contributed by atoms with Crippen molar-refractivity contribution in [2.24, 2.45) is 0 Å². The number of likely N-dealkylation sites (tertiary alicyclic amines) is 1. The molecule has 2 aromatic rings. The second-order valence-corrected chi connectivity index (χ2v) is 8.67. The molecule has 0 saturated carbocycles. The van der Waals surface area contributed by atoms with Gasteiger partial charge in [0.15, 0.2) is 0 Å². The number of piperidine rings is 1. The predicted molar refractivity (Wildman–Crippen MR) is 121 cm³/mol. The zero-order valence-electron chi connectivity index (χ0n) is 18.9. The first-order valence-corrected chi connectivity index (χ1v) is 11.5. The van der Waals surface area contributed by atoms with Crippen LogP contribution >= 0.6 is 0 Å². The van der Waals surface area contributed by atoms with Crippen molar-refractivity contribution in [2.75, 3.05) is 45.8 Å². The zero-order chi connectivity index (χ0) is 24.1. The summed E-state index contributed by atoms with van der Waals surface area (Å²) in [7, 11) is 0. The molecule has 0 unspecified atom stereocenters. The lowest BCUT2D eigenvalue weighted by atomic mass is 10.1. The molecule has 0 spiro atoms. The van der Waals surface area contributed by atoms with Crippen molar-refractivity contribution in [3.63, 3.8) is 0 Å². The Morgan fingerprint density at radius 3 is 2.12 bits per heavy atom. The summed E-state index contributed by atoms with van der Waals surface area (Å²) >= 11 is 0. The third-order valence-corrected chi connectivity index (χ3v) is 6.21. The van der Waals surface area contributed by atoms with E-state index < -0.39 is 11.7 Å². The van der Waals surface area contributed by atoms with Crippen molar-refractivity contribution >= 4 is 11.8 Å². The van der Waals surface area contributed by atoms with Crippen molar-refractivity contribution in [3.05, 3.63) is 59.7 Å². The number of ether oxygens (including phenoxy) is 1. The van der Waals surface area contributed by atoms with E-state index in [9.17, 15) is 22.8 Å². The van der Waals surface area contributed by atoms with E-state index in [0.717, 1.165) is 38.1 Å². The highest BCUT2D eigenvalue weighted by Crippen LogP contribution is 2.33. The summed E-state index contributed by atoms with van der Waals surface area (Å²) in [5.41, 5.74) is -0.392.